The number of carbonyl (C=O) groups is 1. The van der Waals surface area contributed by atoms with E-state index in [1.54, 1.807) is 37.2 Å². The standard InChI is InChI=1S/C16H16N2O2S/c1-10-5-6-11-9-14(21-13(11)8-10)15(19)18-12-4-3-7-17-16(12)20-2/h3-8,14H,9H2,1-2H3,(H,18,19). The molecule has 0 saturated heterocycles. The number of nitrogens with one attached hydrogen (secondary N) is 1. The molecule has 0 fully saturated rings. The third kappa shape index (κ3) is 2.88. The lowest BCUT2D eigenvalue weighted by molar-refractivity contribution is -0.115. The number of methoxy groups -OCH3 is 1. The number of rotatable bonds is 3. The van der Waals surface area contributed by atoms with E-state index in [1.807, 2.05) is 0 Å². The number of anilines is 1. The lowest BCUT2D eigenvalue weighted by atomic mass is 10.1. The third-order valence-electron chi connectivity index (χ3n) is 3.41. The van der Waals surface area contributed by atoms with Crippen LogP contribution in [0.2, 0.25) is 0 Å². The number of aryl methyl sites for hydroxylation is 1. The van der Waals surface area contributed by atoms with Crippen molar-refractivity contribution in [2.24, 2.45) is 0 Å². The molecule has 0 radical (unpaired) electrons. The molecule has 0 saturated carbocycles. The SMILES string of the molecule is COc1ncccc1NC(=O)C1Cc2ccc(C)cc2S1. The van der Waals surface area contributed by atoms with Crippen LogP contribution in [0.5, 0.6) is 5.88 Å². The molecule has 2 heterocycles. The van der Waals surface area contributed by atoms with Gasteiger partial charge in [-0.3, -0.25) is 4.79 Å². The average Bonchev–Trinajstić information content (AvgIpc) is 2.91. The minimum absolute atomic E-state index is 0.0137. The Labute approximate surface area is 127 Å². The van der Waals surface area contributed by atoms with E-state index in [0.29, 0.717) is 11.6 Å². The van der Waals surface area contributed by atoms with E-state index < -0.39 is 0 Å². The van der Waals surface area contributed by atoms with Gasteiger partial charge < -0.3 is 10.1 Å². The first kappa shape index (κ1) is 13.9. The zero-order chi connectivity index (χ0) is 14.8. The van der Waals surface area contributed by atoms with Crippen LogP contribution in [0, 0.1) is 6.92 Å². The zero-order valence-electron chi connectivity index (χ0n) is 11.9. The Hall–Kier alpha value is -2.01. The molecule has 108 valence electrons. The predicted molar refractivity (Wildman–Crippen MR) is 83.9 cm³/mol. The maximum atomic E-state index is 12.4. The molecule has 1 aromatic carbocycles. The quantitative estimate of drug-likeness (QED) is 0.946. The van der Waals surface area contributed by atoms with Gasteiger partial charge in [0, 0.05) is 11.1 Å². The molecule has 1 aliphatic heterocycles. The van der Waals surface area contributed by atoms with Crippen molar-refractivity contribution in [1.29, 1.82) is 0 Å². The van der Waals surface area contributed by atoms with Gasteiger partial charge in [-0.1, -0.05) is 17.7 Å². The number of fused-ring (bicyclic) bond motifs is 1. The summed E-state index contributed by atoms with van der Waals surface area (Å²) in [4.78, 5) is 17.7. The molecule has 3 rings (SSSR count). The molecule has 1 aromatic heterocycles. The number of aromatic nitrogens is 1. The van der Waals surface area contributed by atoms with Gasteiger partial charge in [0.1, 0.15) is 5.69 Å². The molecule has 21 heavy (non-hydrogen) atoms. The Bertz CT molecular complexity index is 688. The van der Waals surface area contributed by atoms with Crippen LogP contribution in [0.1, 0.15) is 11.1 Å². The van der Waals surface area contributed by atoms with Gasteiger partial charge in [-0.05, 0) is 37.1 Å². The molecule has 1 N–H and O–H groups in total. The van der Waals surface area contributed by atoms with Crippen LogP contribution in [-0.4, -0.2) is 23.3 Å². The first-order chi connectivity index (χ1) is 10.2. The van der Waals surface area contributed by atoms with Gasteiger partial charge in [0.05, 0.1) is 12.4 Å². The lowest BCUT2D eigenvalue weighted by Crippen LogP contribution is -2.25. The second kappa shape index (κ2) is 5.77. The Morgan fingerprint density at radius 2 is 2.29 bits per heavy atom. The van der Waals surface area contributed by atoms with Crippen LogP contribution in [-0.2, 0) is 11.2 Å². The molecule has 1 unspecified atom stereocenters. The lowest BCUT2D eigenvalue weighted by Gasteiger charge is -2.11. The Kier molecular flexibility index (Phi) is 3.84. The zero-order valence-corrected chi connectivity index (χ0v) is 12.7. The largest absolute Gasteiger partial charge is 0.480 e. The fourth-order valence-corrected chi connectivity index (χ4v) is 3.63. The minimum Gasteiger partial charge on any atom is -0.480 e. The number of pyridine rings is 1. The highest BCUT2D eigenvalue weighted by Gasteiger charge is 2.28. The van der Waals surface area contributed by atoms with Crippen LogP contribution < -0.4 is 10.1 Å². The highest BCUT2D eigenvalue weighted by atomic mass is 32.2. The molecule has 0 bridgehead atoms. The van der Waals surface area contributed by atoms with Crippen molar-refractivity contribution in [2.75, 3.05) is 12.4 Å². The second-order valence-corrected chi connectivity index (χ2v) is 6.22. The molecule has 5 heteroatoms. The first-order valence-electron chi connectivity index (χ1n) is 6.73. The molecule has 2 aromatic rings. The normalized spacial score (nSPS) is 16.4. The van der Waals surface area contributed by atoms with Gasteiger partial charge in [-0.15, -0.1) is 11.8 Å². The van der Waals surface area contributed by atoms with Crippen LogP contribution in [0.15, 0.2) is 41.4 Å². The predicted octanol–water partition coefficient (Wildman–Crippen LogP) is 3.05. The molecular formula is C16H16N2O2S. The average molecular weight is 300 g/mol. The van der Waals surface area contributed by atoms with Crippen LogP contribution in [0.3, 0.4) is 0 Å². The van der Waals surface area contributed by atoms with E-state index in [9.17, 15) is 4.79 Å². The van der Waals surface area contributed by atoms with E-state index in [0.717, 1.165) is 6.42 Å². The summed E-state index contributed by atoms with van der Waals surface area (Å²) in [5.74, 6) is 0.419. The van der Waals surface area contributed by atoms with Gasteiger partial charge in [0.15, 0.2) is 0 Å². The van der Waals surface area contributed by atoms with Crippen molar-refractivity contribution in [3.63, 3.8) is 0 Å². The van der Waals surface area contributed by atoms with Gasteiger partial charge in [-0.25, -0.2) is 4.98 Å². The van der Waals surface area contributed by atoms with Crippen LogP contribution >= 0.6 is 11.8 Å². The van der Waals surface area contributed by atoms with Gasteiger partial charge in [-0.2, -0.15) is 0 Å². The number of thioether (sulfide) groups is 1. The summed E-state index contributed by atoms with van der Waals surface area (Å²) in [7, 11) is 1.54. The van der Waals surface area contributed by atoms with E-state index in [4.69, 9.17) is 4.74 Å². The molecule has 1 amide bonds. The highest BCUT2D eigenvalue weighted by molar-refractivity contribution is 8.01. The monoisotopic (exact) mass is 300 g/mol. The summed E-state index contributed by atoms with van der Waals surface area (Å²) in [5.41, 5.74) is 3.07. The molecular weight excluding hydrogens is 284 g/mol. The first-order valence-corrected chi connectivity index (χ1v) is 7.61. The fourth-order valence-electron chi connectivity index (χ4n) is 2.34. The number of nitrogens with zero attached hydrogens (tertiary/aromatic N) is 1. The van der Waals surface area contributed by atoms with Gasteiger partial charge >= 0.3 is 0 Å². The summed E-state index contributed by atoms with van der Waals surface area (Å²) < 4.78 is 5.15. The smallest absolute Gasteiger partial charge is 0.238 e. The summed E-state index contributed by atoms with van der Waals surface area (Å²) in [6.07, 6.45) is 2.39. The Balaban J connectivity index is 1.73. The molecule has 4 nitrogen and oxygen atoms in total. The Morgan fingerprint density at radius 1 is 1.43 bits per heavy atom. The minimum atomic E-state index is -0.105. The van der Waals surface area contributed by atoms with Gasteiger partial charge in [0.25, 0.3) is 0 Å². The number of hydrogen-bond acceptors (Lipinski definition) is 4. The number of benzene rings is 1. The van der Waals surface area contributed by atoms with Crippen molar-refractivity contribution in [1.82, 2.24) is 4.98 Å². The number of ether oxygens (including phenoxy) is 1. The summed E-state index contributed by atoms with van der Waals surface area (Å²) in [6.45, 7) is 2.06. The van der Waals surface area contributed by atoms with E-state index in [-0.39, 0.29) is 11.2 Å². The van der Waals surface area contributed by atoms with Crippen LogP contribution in [0.25, 0.3) is 0 Å². The van der Waals surface area contributed by atoms with Crippen molar-refractivity contribution < 1.29 is 9.53 Å². The fraction of sp³-hybridized carbons (Fsp3) is 0.250. The summed E-state index contributed by atoms with van der Waals surface area (Å²) >= 11 is 1.62. The third-order valence-corrected chi connectivity index (χ3v) is 4.71. The summed E-state index contributed by atoms with van der Waals surface area (Å²) in [6, 6.07) is 9.90. The maximum absolute atomic E-state index is 12.4. The number of amides is 1. The highest BCUT2D eigenvalue weighted by Crippen LogP contribution is 2.38. The Morgan fingerprint density at radius 3 is 3.10 bits per heavy atom. The summed E-state index contributed by atoms with van der Waals surface area (Å²) in [5, 5.41) is 2.80. The van der Waals surface area contributed by atoms with Crippen molar-refractivity contribution in [3.8, 4) is 5.88 Å². The molecule has 1 aliphatic rings. The second-order valence-electron chi connectivity index (χ2n) is 4.97. The van der Waals surface area contributed by atoms with Crippen molar-refractivity contribution in [3.05, 3.63) is 47.7 Å². The van der Waals surface area contributed by atoms with E-state index in [2.05, 4.69) is 35.4 Å². The van der Waals surface area contributed by atoms with Crippen molar-refractivity contribution >= 4 is 23.4 Å². The van der Waals surface area contributed by atoms with Gasteiger partial charge in [0.2, 0.25) is 11.8 Å². The van der Waals surface area contributed by atoms with Crippen molar-refractivity contribution in [2.45, 2.75) is 23.5 Å². The molecule has 1 atom stereocenters. The maximum Gasteiger partial charge on any atom is 0.238 e. The number of hydrogen-bond donors (Lipinski definition) is 1. The molecule has 0 aliphatic carbocycles. The van der Waals surface area contributed by atoms with E-state index in [1.165, 1.54) is 16.0 Å². The number of carbonyl (C=O) groups excluding carboxylic acids is 1. The van der Waals surface area contributed by atoms with E-state index >= 15 is 0 Å². The molecule has 0 spiro atoms. The van der Waals surface area contributed by atoms with Crippen LogP contribution in [0.4, 0.5) is 5.69 Å². The topological polar surface area (TPSA) is 51.2 Å².